The van der Waals surface area contributed by atoms with Gasteiger partial charge in [-0.15, -0.1) is 5.10 Å². The lowest BCUT2D eigenvalue weighted by Gasteiger charge is -2.30. The Hall–Kier alpha value is -3.65. The van der Waals surface area contributed by atoms with Crippen molar-refractivity contribution in [1.29, 1.82) is 0 Å². The summed E-state index contributed by atoms with van der Waals surface area (Å²) in [6.45, 7) is 5.55. The van der Waals surface area contributed by atoms with Crippen LogP contribution in [0.25, 0.3) is 16.8 Å². The van der Waals surface area contributed by atoms with Crippen LogP contribution < -0.4 is 10.5 Å². The number of hydrogen-bond acceptors (Lipinski definition) is 6. The summed E-state index contributed by atoms with van der Waals surface area (Å²) >= 11 is 0. The van der Waals surface area contributed by atoms with Crippen LogP contribution in [0.2, 0.25) is 0 Å². The first-order valence-electron chi connectivity index (χ1n) is 10.8. The number of fused-ring (bicyclic) bond motifs is 2. The standard InChI is InChI=1S/C25H24FN5O2/c1-15-4-5-19(26)10-21(15)17-9-18-13-30(7-6-22(18)27-12-17)25-16(2)8-23-28-20(14-33-3)11-24(32)31(23)29-25/h4-5,8-12H,6-7,13-14H2,1-3H3. The summed E-state index contributed by atoms with van der Waals surface area (Å²) in [5, 5.41) is 4.64. The van der Waals surface area contributed by atoms with Crippen molar-refractivity contribution in [1.82, 2.24) is 19.6 Å². The van der Waals surface area contributed by atoms with E-state index in [9.17, 15) is 9.18 Å². The third-order valence-corrected chi connectivity index (χ3v) is 6.01. The van der Waals surface area contributed by atoms with Crippen molar-refractivity contribution in [2.75, 3.05) is 18.6 Å². The summed E-state index contributed by atoms with van der Waals surface area (Å²) in [5.74, 6) is 0.475. The minimum atomic E-state index is -0.265. The molecule has 8 heteroatoms. The maximum atomic E-state index is 13.9. The molecule has 7 nitrogen and oxygen atoms in total. The van der Waals surface area contributed by atoms with Crippen LogP contribution in [0.3, 0.4) is 0 Å². The fourth-order valence-corrected chi connectivity index (χ4v) is 4.36. The van der Waals surface area contributed by atoms with Crippen molar-refractivity contribution in [2.24, 2.45) is 0 Å². The third kappa shape index (κ3) is 3.98. The molecule has 168 valence electrons. The summed E-state index contributed by atoms with van der Waals surface area (Å²) in [6, 6.07) is 10.2. The number of halogens is 1. The first-order chi connectivity index (χ1) is 15.9. The van der Waals surface area contributed by atoms with E-state index in [0.717, 1.165) is 52.3 Å². The maximum absolute atomic E-state index is 13.9. The van der Waals surface area contributed by atoms with Gasteiger partial charge < -0.3 is 9.64 Å². The zero-order valence-corrected chi connectivity index (χ0v) is 18.8. The normalized spacial score (nSPS) is 13.4. The zero-order valence-electron chi connectivity index (χ0n) is 18.8. The number of aromatic nitrogens is 4. The van der Waals surface area contributed by atoms with Crippen molar-refractivity contribution in [3.63, 3.8) is 0 Å². The summed E-state index contributed by atoms with van der Waals surface area (Å²) in [4.78, 5) is 23.9. The molecule has 4 heterocycles. The molecule has 0 radical (unpaired) electrons. The molecular weight excluding hydrogens is 421 g/mol. The predicted octanol–water partition coefficient (Wildman–Crippen LogP) is 3.62. The second kappa shape index (κ2) is 8.37. The molecule has 1 aliphatic heterocycles. The quantitative estimate of drug-likeness (QED) is 0.478. The highest BCUT2D eigenvalue weighted by atomic mass is 19.1. The van der Waals surface area contributed by atoms with E-state index in [1.807, 2.05) is 26.1 Å². The molecule has 0 atom stereocenters. The average Bonchev–Trinajstić information content (AvgIpc) is 2.80. The molecule has 0 saturated carbocycles. The molecule has 0 unspecified atom stereocenters. The molecule has 4 aromatic rings. The van der Waals surface area contributed by atoms with Crippen LogP contribution in [-0.2, 0) is 24.3 Å². The van der Waals surface area contributed by atoms with Gasteiger partial charge in [-0.25, -0.2) is 9.37 Å². The molecule has 1 aliphatic rings. The van der Waals surface area contributed by atoms with Gasteiger partial charge in [0, 0.05) is 50.1 Å². The van der Waals surface area contributed by atoms with Crippen LogP contribution in [0.5, 0.6) is 0 Å². The van der Waals surface area contributed by atoms with Crippen molar-refractivity contribution < 1.29 is 9.13 Å². The Balaban J connectivity index is 1.51. The van der Waals surface area contributed by atoms with Gasteiger partial charge in [0.2, 0.25) is 0 Å². The lowest BCUT2D eigenvalue weighted by Crippen LogP contribution is -2.33. The lowest BCUT2D eigenvalue weighted by atomic mass is 9.97. The van der Waals surface area contributed by atoms with E-state index in [1.54, 1.807) is 19.2 Å². The smallest absolute Gasteiger partial charge is 0.274 e. The SMILES string of the molecule is COCc1cc(=O)n2nc(N3CCc4ncc(-c5cc(F)ccc5C)cc4C3)c(C)cc2n1. The molecule has 0 N–H and O–H groups in total. The van der Waals surface area contributed by atoms with E-state index in [2.05, 4.69) is 26.0 Å². The molecular formula is C25H24FN5O2. The van der Waals surface area contributed by atoms with E-state index >= 15 is 0 Å². The number of benzene rings is 1. The van der Waals surface area contributed by atoms with E-state index in [4.69, 9.17) is 4.74 Å². The highest BCUT2D eigenvalue weighted by Crippen LogP contribution is 2.29. The number of nitrogens with zero attached hydrogens (tertiary/aromatic N) is 5. The molecule has 0 fully saturated rings. The van der Waals surface area contributed by atoms with Crippen molar-refractivity contribution in [2.45, 2.75) is 33.4 Å². The Morgan fingerprint density at radius 2 is 1.97 bits per heavy atom. The van der Waals surface area contributed by atoms with Gasteiger partial charge in [0.1, 0.15) is 5.82 Å². The molecule has 0 spiro atoms. The van der Waals surface area contributed by atoms with Gasteiger partial charge in [0.05, 0.1) is 12.3 Å². The van der Waals surface area contributed by atoms with Crippen LogP contribution in [0, 0.1) is 19.7 Å². The fraction of sp³-hybridized carbons (Fsp3) is 0.280. The topological polar surface area (TPSA) is 72.6 Å². The van der Waals surface area contributed by atoms with Crippen LogP contribution >= 0.6 is 0 Å². The molecule has 0 bridgehead atoms. The highest BCUT2D eigenvalue weighted by Gasteiger charge is 2.22. The van der Waals surface area contributed by atoms with Crippen molar-refractivity contribution >= 4 is 11.5 Å². The van der Waals surface area contributed by atoms with Crippen LogP contribution in [-0.4, -0.2) is 33.2 Å². The second-order valence-electron chi connectivity index (χ2n) is 8.40. The van der Waals surface area contributed by atoms with Crippen LogP contribution in [0.1, 0.15) is 28.1 Å². The van der Waals surface area contributed by atoms with Gasteiger partial charge in [-0.2, -0.15) is 4.52 Å². The molecule has 5 rings (SSSR count). The zero-order chi connectivity index (χ0) is 23.1. The van der Waals surface area contributed by atoms with Gasteiger partial charge in [0.25, 0.3) is 5.56 Å². The summed E-state index contributed by atoms with van der Waals surface area (Å²) in [6.07, 6.45) is 2.58. The lowest BCUT2D eigenvalue weighted by molar-refractivity contribution is 0.181. The minimum absolute atomic E-state index is 0.240. The maximum Gasteiger partial charge on any atom is 0.274 e. The number of pyridine rings is 1. The summed E-state index contributed by atoms with van der Waals surface area (Å²) in [5.41, 5.74) is 6.61. The Kier molecular flexibility index (Phi) is 5.38. The fourth-order valence-electron chi connectivity index (χ4n) is 4.36. The number of rotatable bonds is 4. The molecule has 3 aromatic heterocycles. The molecule has 0 aliphatic carbocycles. The number of anilines is 1. The first kappa shape index (κ1) is 21.2. The van der Waals surface area contributed by atoms with Gasteiger partial charge in [-0.05, 0) is 60.4 Å². The summed E-state index contributed by atoms with van der Waals surface area (Å²) in [7, 11) is 1.57. The summed E-state index contributed by atoms with van der Waals surface area (Å²) < 4.78 is 20.3. The van der Waals surface area contributed by atoms with Gasteiger partial charge in [-0.3, -0.25) is 9.78 Å². The van der Waals surface area contributed by atoms with Crippen LogP contribution in [0.15, 0.2) is 47.4 Å². The second-order valence-corrected chi connectivity index (χ2v) is 8.40. The van der Waals surface area contributed by atoms with Gasteiger partial charge in [0.15, 0.2) is 11.5 Å². The van der Waals surface area contributed by atoms with E-state index in [-0.39, 0.29) is 18.0 Å². The number of methoxy groups -OCH3 is 1. The monoisotopic (exact) mass is 445 g/mol. The predicted molar refractivity (Wildman–Crippen MR) is 124 cm³/mol. The van der Waals surface area contributed by atoms with E-state index in [1.165, 1.54) is 16.6 Å². The minimum Gasteiger partial charge on any atom is -0.378 e. The molecule has 0 amide bonds. The Morgan fingerprint density at radius 3 is 2.79 bits per heavy atom. The van der Waals surface area contributed by atoms with Gasteiger partial charge >= 0.3 is 0 Å². The van der Waals surface area contributed by atoms with Gasteiger partial charge in [-0.1, -0.05) is 6.07 Å². The number of hydrogen-bond donors (Lipinski definition) is 0. The van der Waals surface area contributed by atoms with Crippen molar-refractivity contribution in [3.05, 3.63) is 86.8 Å². The van der Waals surface area contributed by atoms with Crippen LogP contribution in [0.4, 0.5) is 10.2 Å². The van der Waals surface area contributed by atoms with Crippen molar-refractivity contribution in [3.8, 4) is 11.1 Å². The first-order valence-corrected chi connectivity index (χ1v) is 10.8. The molecule has 0 saturated heterocycles. The number of ether oxygens (including phenoxy) is 1. The van der Waals surface area contributed by atoms with E-state index < -0.39 is 0 Å². The Bertz CT molecular complexity index is 1430. The largest absolute Gasteiger partial charge is 0.378 e. The Labute approximate surface area is 190 Å². The average molecular weight is 445 g/mol. The molecule has 33 heavy (non-hydrogen) atoms. The number of aryl methyl sites for hydroxylation is 2. The highest BCUT2D eigenvalue weighted by molar-refractivity contribution is 5.67. The van der Waals surface area contributed by atoms with E-state index in [0.29, 0.717) is 17.9 Å². The Morgan fingerprint density at radius 1 is 1.12 bits per heavy atom. The molecule has 1 aromatic carbocycles. The third-order valence-electron chi connectivity index (χ3n) is 6.01.